The maximum Gasteiger partial charge on any atom is 0.259 e. The van der Waals surface area contributed by atoms with E-state index in [1.807, 2.05) is 20.8 Å². The molecule has 2 aromatic heterocycles. The van der Waals surface area contributed by atoms with Gasteiger partial charge in [0.25, 0.3) is 5.56 Å². The zero-order chi connectivity index (χ0) is 18.0. The van der Waals surface area contributed by atoms with Crippen LogP contribution in [0.25, 0.3) is 10.2 Å². The number of thioether (sulfide) groups is 1. The third kappa shape index (κ3) is 4.26. The smallest absolute Gasteiger partial charge is 0.259 e. The zero-order valence-electron chi connectivity index (χ0n) is 15.0. The lowest BCUT2D eigenvalue weighted by molar-refractivity contribution is -0.121. The van der Waals surface area contributed by atoms with Crippen molar-refractivity contribution in [1.29, 1.82) is 0 Å². The molecule has 1 atom stereocenters. The topological polar surface area (TPSA) is 74.8 Å². The van der Waals surface area contributed by atoms with Gasteiger partial charge in [-0.15, -0.1) is 23.1 Å². The molecule has 0 unspecified atom stereocenters. The first kappa shape index (κ1) is 18.5. The average molecular weight is 380 g/mol. The second-order valence-electron chi connectivity index (χ2n) is 6.77. The molecule has 1 aliphatic rings. The van der Waals surface area contributed by atoms with Crippen LogP contribution in [-0.4, -0.2) is 27.2 Å². The van der Waals surface area contributed by atoms with Crippen molar-refractivity contribution in [2.24, 2.45) is 0 Å². The first-order valence-corrected chi connectivity index (χ1v) is 10.7. The summed E-state index contributed by atoms with van der Waals surface area (Å²) in [4.78, 5) is 34.0. The van der Waals surface area contributed by atoms with Crippen molar-refractivity contribution in [2.45, 2.75) is 69.9 Å². The number of H-pyrrole nitrogens is 1. The van der Waals surface area contributed by atoms with Gasteiger partial charge in [0.1, 0.15) is 10.7 Å². The quantitative estimate of drug-likeness (QED) is 0.831. The van der Waals surface area contributed by atoms with Gasteiger partial charge in [-0.05, 0) is 39.2 Å². The van der Waals surface area contributed by atoms with Gasteiger partial charge in [-0.2, -0.15) is 0 Å². The van der Waals surface area contributed by atoms with Crippen LogP contribution in [0.1, 0.15) is 55.3 Å². The summed E-state index contributed by atoms with van der Waals surface area (Å²) < 4.78 is 0. The predicted octanol–water partition coefficient (Wildman–Crippen LogP) is 3.67. The highest BCUT2D eigenvalue weighted by atomic mass is 32.2. The van der Waals surface area contributed by atoms with E-state index in [4.69, 9.17) is 0 Å². The number of thiophene rings is 1. The fourth-order valence-electron chi connectivity index (χ4n) is 3.21. The molecule has 25 heavy (non-hydrogen) atoms. The number of fused-ring (bicyclic) bond motifs is 1. The number of hydrogen-bond acceptors (Lipinski definition) is 5. The van der Waals surface area contributed by atoms with E-state index in [-0.39, 0.29) is 16.7 Å². The van der Waals surface area contributed by atoms with Gasteiger partial charge < -0.3 is 10.3 Å². The van der Waals surface area contributed by atoms with E-state index in [2.05, 4.69) is 15.3 Å². The van der Waals surface area contributed by atoms with Crippen molar-refractivity contribution in [2.75, 3.05) is 0 Å². The summed E-state index contributed by atoms with van der Waals surface area (Å²) >= 11 is 3.07. The van der Waals surface area contributed by atoms with E-state index in [1.165, 1.54) is 31.0 Å². The fourth-order valence-corrected chi connectivity index (χ4v) is 5.03. The number of aromatic amines is 1. The second kappa shape index (κ2) is 7.91. The number of hydrogen-bond donors (Lipinski definition) is 2. The molecule has 0 saturated heterocycles. The maximum atomic E-state index is 12.3. The molecule has 2 heterocycles. The van der Waals surface area contributed by atoms with Gasteiger partial charge in [-0.3, -0.25) is 9.59 Å². The van der Waals surface area contributed by atoms with Crippen LogP contribution in [0, 0.1) is 13.8 Å². The van der Waals surface area contributed by atoms with E-state index in [1.54, 1.807) is 11.3 Å². The maximum absolute atomic E-state index is 12.3. The molecule has 3 rings (SSSR count). The lowest BCUT2D eigenvalue weighted by Gasteiger charge is -2.24. The second-order valence-corrected chi connectivity index (χ2v) is 9.31. The number of carbonyl (C=O) groups excluding carboxylic acids is 1. The molecule has 1 fully saturated rings. The summed E-state index contributed by atoms with van der Waals surface area (Å²) in [5, 5.41) is 3.69. The molecule has 1 aliphatic carbocycles. The zero-order valence-corrected chi connectivity index (χ0v) is 16.6. The first-order valence-electron chi connectivity index (χ1n) is 8.86. The molecule has 1 saturated carbocycles. The number of nitrogens with zero attached hydrogens (tertiary/aromatic N) is 1. The van der Waals surface area contributed by atoms with Crippen molar-refractivity contribution in [3.63, 3.8) is 0 Å². The van der Waals surface area contributed by atoms with E-state index in [0.29, 0.717) is 23.0 Å². The molecule has 0 aliphatic heterocycles. The summed E-state index contributed by atoms with van der Waals surface area (Å²) in [5.74, 6) is 1.25. The van der Waals surface area contributed by atoms with Crippen molar-refractivity contribution >= 4 is 39.2 Å². The number of amides is 1. The summed E-state index contributed by atoms with van der Waals surface area (Å²) in [6.07, 6.45) is 5.87. The molecular formula is C18H25N3O2S2. The van der Waals surface area contributed by atoms with Crippen LogP contribution >= 0.6 is 23.1 Å². The average Bonchev–Trinajstić information content (AvgIpc) is 2.88. The normalized spacial score (nSPS) is 16.9. The Kier molecular flexibility index (Phi) is 5.84. The number of carbonyl (C=O) groups is 1. The number of aryl methyl sites for hydroxylation is 2. The lowest BCUT2D eigenvalue weighted by atomic mass is 9.95. The molecule has 1 amide bonds. The Bertz CT molecular complexity index is 822. The monoisotopic (exact) mass is 379 g/mol. The summed E-state index contributed by atoms with van der Waals surface area (Å²) in [7, 11) is 0. The van der Waals surface area contributed by atoms with Gasteiger partial charge in [0, 0.05) is 10.9 Å². The molecule has 7 heteroatoms. The minimum absolute atomic E-state index is 0.0817. The van der Waals surface area contributed by atoms with Crippen LogP contribution < -0.4 is 10.9 Å². The van der Waals surface area contributed by atoms with Crippen LogP contribution in [0.3, 0.4) is 0 Å². The van der Waals surface area contributed by atoms with Crippen molar-refractivity contribution in [3.8, 4) is 0 Å². The van der Waals surface area contributed by atoms with Gasteiger partial charge >= 0.3 is 0 Å². The Balaban J connectivity index is 1.61. The van der Waals surface area contributed by atoms with Crippen molar-refractivity contribution in [1.82, 2.24) is 15.3 Å². The highest BCUT2D eigenvalue weighted by molar-refractivity contribution is 7.99. The van der Waals surface area contributed by atoms with E-state index in [9.17, 15) is 9.59 Å². The van der Waals surface area contributed by atoms with E-state index >= 15 is 0 Å². The van der Waals surface area contributed by atoms with Crippen LogP contribution in [0.15, 0.2) is 4.79 Å². The molecule has 0 bridgehead atoms. The largest absolute Gasteiger partial charge is 0.352 e. The highest BCUT2D eigenvalue weighted by Crippen LogP contribution is 2.26. The van der Waals surface area contributed by atoms with Crippen LogP contribution in [0.4, 0.5) is 0 Å². The number of nitrogens with one attached hydrogen (secondary N) is 2. The summed E-state index contributed by atoms with van der Waals surface area (Å²) in [6, 6.07) is 0.329. The predicted molar refractivity (Wildman–Crippen MR) is 105 cm³/mol. The Labute approximate surface area is 156 Å². The first-order chi connectivity index (χ1) is 12.0. The van der Waals surface area contributed by atoms with Gasteiger partial charge in [-0.1, -0.05) is 19.3 Å². The van der Waals surface area contributed by atoms with Crippen molar-refractivity contribution in [3.05, 3.63) is 26.6 Å². The number of aromatic nitrogens is 2. The molecule has 136 valence electrons. The summed E-state index contributed by atoms with van der Waals surface area (Å²) in [5.41, 5.74) is 0.926. The minimum atomic E-state index is -0.158. The van der Waals surface area contributed by atoms with Gasteiger partial charge in [-0.25, -0.2) is 4.98 Å². The Morgan fingerprint density at radius 2 is 2.08 bits per heavy atom. The van der Waals surface area contributed by atoms with E-state index in [0.717, 1.165) is 28.1 Å². The SMILES string of the molecule is Cc1sc2nc(CS[C@@H](C)C(=O)NC3CCCCC3)[nH]c(=O)c2c1C. The molecule has 0 spiro atoms. The Morgan fingerprint density at radius 1 is 1.36 bits per heavy atom. The van der Waals surface area contributed by atoms with Gasteiger partial charge in [0.2, 0.25) is 5.91 Å². The highest BCUT2D eigenvalue weighted by Gasteiger charge is 2.20. The van der Waals surface area contributed by atoms with Crippen LogP contribution in [0.2, 0.25) is 0 Å². The Hall–Kier alpha value is -1.34. The molecule has 5 nitrogen and oxygen atoms in total. The summed E-state index contributed by atoms with van der Waals surface area (Å²) in [6.45, 7) is 5.88. The molecule has 2 N–H and O–H groups in total. The number of rotatable bonds is 5. The molecule has 0 radical (unpaired) electrons. The molecular weight excluding hydrogens is 354 g/mol. The van der Waals surface area contributed by atoms with E-state index < -0.39 is 0 Å². The minimum Gasteiger partial charge on any atom is -0.352 e. The standard InChI is InChI=1S/C18H25N3O2S2/c1-10-11(2)25-18-15(10)17(23)20-14(21-18)9-24-12(3)16(22)19-13-7-5-4-6-8-13/h12-13H,4-9H2,1-3H3,(H,19,22)(H,20,21,23)/t12-/m0/s1. The molecule has 2 aromatic rings. The van der Waals surface area contributed by atoms with Crippen LogP contribution in [0.5, 0.6) is 0 Å². The lowest BCUT2D eigenvalue weighted by Crippen LogP contribution is -2.40. The van der Waals surface area contributed by atoms with Gasteiger partial charge in [0.15, 0.2) is 0 Å². The van der Waals surface area contributed by atoms with Crippen LogP contribution in [-0.2, 0) is 10.5 Å². The third-order valence-electron chi connectivity index (χ3n) is 4.88. The Morgan fingerprint density at radius 3 is 2.80 bits per heavy atom. The third-order valence-corrected chi connectivity index (χ3v) is 7.13. The van der Waals surface area contributed by atoms with Crippen molar-refractivity contribution < 1.29 is 4.79 Å². The fraction of sp³-hybridized carbons (Fsp3) is 0.611. The van der Waals surface area contributed by atoms with Gasteiger partial charge in [0.05, 0.1) is 16.4 Å². The molecule has 0 aromatic carbocycles.